The van der Waals surface area contributed by atoms with Gasteiger partial charge in [0.25, 0.3) is 11.5 Å². The lowest BCUT2D eigenvalue weighted by molar-refractivity contribution is 0.102. The number of carbonyl (C=O) groups excluding carboxylic acids is 1. The Morgan fingerprint density at radius 1 is 1.40 bits per heavy atom. The summed E-state index contributed by atoms with van der Waals surface area (Å²) in [4.78, 5) is 28.0. The number of nitrogens with one attached hydrogen (secondary N) is 1. The van der Waals surface area contributed by atoms with E-state index in [-0.39, 0.29) is 17.3 Å². The van der Waals surface area contributed by atoms with E-state index in [1.165, 1.54) is 23.9 Å². The van der Waals surface area contributed by atoms with Crippen molar-refractivity contribution in [2.45, 2.75) is 13.8 Å². The summed E-state index contributed by atoms with van der Waals surface area (Å²) >= 11 is 0. The zero-order valence-corrected chi connectivity index (χ0v) is 11.2. The molecule has 0 aliphatic rings. The van der Waals surface area contributed by atoms with E-state index in [0.717, 1.165) is 0 Å². The molecule has 104 valence electrons. The lowest BCUT2D eigenvalue weighted by atomic mass is 10.2. The fourth-order valence-corrected chi connectivity index (χ4v) is 1.62. The molecule has 0 atom stereocenters. The van der Waals surface area contributed by atoms with E-state index < -0.39 is 11.5 Å². The number of hydrogen-bond donors (Lipinski definition) is 2. The summed E-state index contributed by atoms with van der Waals surface area (Å²) in [5, 5.41) is 19.4. The minimum absolute atomic E-state index is 0.0305. The van der Waals surface area contributed by atoms with Gasteiger partial charge in [0.2, 0.25) is 5.95 Å². The van der Waals surface area contributed by atoms with Crippen LogP contribution >= 0.6 is 0 Å². The molecule has 0 bridgehead atoms. The number of aromatic nitrogens is 4. The first kappa shape index (κ1) is 13.7. The molecule has 2 N–H and O–H groups in total. The van der Waals surface area contributed by atoms with Crippen molar-refractivity contribution < 1.29 is 9.90 Å². The van der Waals surface area contributed by atoms with Crippen LogP contribution in [-0.2, 0) is 7.05 Å². The van der Waals surface area contributed by atoms with Crippen molar-refractivity contribution in [2.75, 3.05) is 5.32 Å². The summed E-state index contributed by atoms with van der Waals surface area (Å²) in [6.45, 7) is 3.34. The van der Waals surface area contributed by atoms with E-state index in [9.17, 15) is 14.7 Å². The molecule has 20 heavy (non-hydrogen) atoms. The Bertz CT molecular complexity index is 738. The standard InChI is InChI=1S/C12H13N5O3/c1-6-5-13-16-12(14-6)15-10(19)9-8(18)4-7(2)17(3)11(9)20/h4-5,18H,1-3H3,(H,14,15,16,19). The number of pyridine rings is 1. The van der Waals surface area contributed by atoms with Crippen molar-refractivity contribution in [1.82, 2.24) is 19.7 Å². The first-order chi connectivity index (χ1) is 9.40. The molecule has 8 nitrogen and oxygen atoms in total. The molecule has 0 aliphatic heterocycles. The second-order valence-corrected chi connectivity index (χ2v) is 4.29. The second kappa shape index (κ2) is 5.08. The molecule has 1 amide bonds. The molecule has 0 saturated carbocycles. The Morgan fingerprint density at radius 3 is 2.75 bits per heavy atom. The quantitative estimate of drug-likeness (QED) is 0.807. The molecule has 0 aromatic carbocycles. The molecule has 0 saturated heterocycles. The normalized spacial score (nSPS) is 10.3. The Labute approximate surface area is 114 Å². The molecule has 2 aromatic rings. The van der Waals surface area contributed by atoms with Gasteiger partial charge in [-0.3, -0.25) is 14.9 Å². The zero-order chi connectivity index (χ0) is 14.9. The molecular weight excluding hydrogens is 262 g/mol. The number of hydrogen-bond acceptors (Lipinski definition) is 6. The second-order valence-electron chi connectivity index (χ2n) is 4.29. The summed E-state index contributed by atoms with van der Waals surface area (Å²) in [5.41, 5.74) is 0.151. The predicted octanol–water partition coefficient (Wildman–Crippen LogP) is 0.145. The topological polar surface area (TPSA) is 110 Å². The van der Waals surface area contributed by atoms with Crippen LogP contribution < -0.4 is 10.9 Å². The van der Waals surface area contributed by atoms with Crippen LogP contribution in [0.15, 0.2) is 17.1 Å². The predicted molar refractivity (Wildman–Crippen MR) is 70.6 cm³/mol. The monoisotopic (exact) mass is 275 g/mol. The van der Waals surface area contributed by atoms with Crippen LogP contribution in [0.1, 0.15) is 21.7 Å². The van der Waals surface area contributed by atoms with Crippen LogP contribution in [0.3, 0.4) is 0 Å². The van der Waals surface area contributed by atoms with Crippen molar-refractivity contribution in [3.63, 3.8) is 0 Å². The molecule has 0 fully saturated rings. The van der Waals surface area contributed by atoms with Crippen LogP contribution in [0.4, 0.5) is 5.95 Å². The number of aromatic hydroxyl groups is 1. The largest absolute Gasteiger partial charge is 0.507 e. The van der Waals surface area contributed by atoms with Gasteiger partial charge in [-0.15, -0.1) is 5.10 Å². The summed E-state index contributed by atoms with van der Waals surface area (Å²) in [7, 11) is 1.51. The lowest BCUT2D eigenvalue weighted by Crippen LogP contribution is -2.29. The highest BCUT2D eigenvalue weighted by Gasteiger charge is 2.19. The maximum absolute atomic E-state index is 12.0. The molecule has 2 rings (SSSR count). The van der Waals surface area contributed by atoms with Crippen LogP contribution in [0.25, 0.3) is 0 Å². The van der Waals surface area contributed by atoms with E-state index in [1.54, 1.807) is 13.8 Å². The Balaban J connectivity index is 2.40. The molecule has 2 heterocycles. The lowest BCUT2D eigenvalue weighted by Gasteiger charge is -2.09. The van der Waals surface area contributed by atoms with Gasteiger partial charge in [-0.25, -0.2) is 4.98 Å². The van der Waals surface area contributed by atoms with Gasteiger partial charge in [0.1, 0.15) is 11.3 Å². The Kier molecular flexibility index (Phi) is 3.47. The summed E-state index contributed by atoms with van der Waals surface area (Å²) in [5.74, 6) is -1.20. The van der Waals surface area contributed by atoms with Crippen LogP contribution in [0, 0.1) is 13.8 Å². The SMILES string of the molecule is Cc1cnnc(NC(=O)c2c(O)cc(C)n(C)c2=O)n1. The molecule has 0 radical (unpaired) electrons. The van der Waals surface area contributed by atoms with Gasteiger partial charge < -0.3 is 9.67 Å². The first-order valence-electron chi connectivity index (χ1n) is 5.77. The Morgan fingerprint density at radius 2 is 2.10 bits per heavy atom. The average Bonchev–Trinajstić information content (AvgIpc) is 2.36. The van der Waals surface area contributed by atoms with Crippen LogP contribution in [0.5, 0.6) is 5.75 Å². The Hall–Kier alpha value is -2.77. The number of rotatable bonds is 2. The number of aryl methyl sites for hydroxylation is 2. The molecule has 0 spiro atoms. The third-order valence-corrected chi connectivity index (χ3v) is 2.78. The molecule has 0 unspecified atom stereocenters. The minimum atomic E-state index is -0.782. The number of nitrogens with zero attached hydrogens (tertiary/aromatic N) is 4. The summed E-state index contributed by atoms with van der Waals surface area (Å²) in [6, 6.07) is 1.34. The van der Waals surface area contributed by atoms with Crippen molar-refractivity contribution in [1.29, 1.82) is 0 Å². The van der Waals surface area contributed by atoms with Gasteiger partial charge in [0.05, 0.1) is 11.9 Å². The van der Waals surface area contributed by atoms with E-state index in [2.05, 4.69) is 20.5 Å². The highest BCUT2D eigenvalue weighted by atomic mass is 16.3. The first-order valence-corrected chi connectivity index (χ1v) is 5.77. The van der Waals surface area contributed by atoms with E-state index in [1.807, 2.05) is 0 Å². The molecule has 8 heteroatoms. The van der Waals surface area contributed by atoms with Gasteiger partial charge in [0, 0.05) is 18.8 Å². The summed E-state index contributed by atoms with van der Waals surface area (Å²) in [6.07, 6.45) is 1.43. The third-order valence-electron chi connectivity index (χ3n) is 2.78. The fraction of sp³-hybridized carbons (Fsp3) is 0.250. The maximum atomic E-state index is 12.0. The van der Waals surface area contributed by atoms with Crippen molar-refractivity contribution in [3.8, 4) is 5.75 Å². The van der Waals surface area contributed by atoms with Crippen molar-refractivity contribution in [2.24, 2.45) is 7.05 Å². The molecule has 0 aliphatic carbocycles. The molecule has 2 aromatic heterocycles. The number of anilines is 1. The van der Waals surface area contributed by atoms with E-state index >= 15 is 0 Å². The van der Waals surface area contributed by atoms with Crippen molar-refractivity contribution in [3.05, 3.63) is 39.6 Å². The molecular formula is C12H13N5O3. The smallest absolute Gasteiger partial charge is 0.267 e. The number of amides is 1. The minimum Gasteiger partial charge on any atom is -0.507 e. The van der Waals surface area contributed by atoms with Crippen molar-refractivity contribution >= 4 is 11.9 Å². The summed E-state index contributed by atoms with van der Waals surface area (Å²) < 4.78 is 1.27. The van der Waals surface area contributed by atoms with Gasteiger partial charge in [0.15, 0.2) is 0 Å². The van der Waals surface area contributed by atoms with Gasteiger partial charge in [-0.05, 0) is 13.8 Å². The number of carbonyl (C=O) groups is 1. The fourth-order valence-electron chi connectivity index (χ4n) is 1.62. The highest BCUT2D eigenvalue weighted by Crippen LogP contribution is 2.15. The zero-order valence-electron chi connectivity index (χ0n) is 11.2. The average molecular weight is 275 g/mol. The maximum Gasteiger partial charge on any atom is 0.267 e. The highest BCUT2D eigenvalue weighted by molar-refractivity contribution is 6.04. The third kappa shape index (κ3) is 2.48. The van der Waals surface area contributed by atoms with Gasteiger partial charge in [-0.2, -0.15) is 5.10 Å². The van der Waals surface area contributed by atoms with Crippen LogP contribution in [0.2, 0.25) is 0 Å². The van der Waals surface area contributed by atoms with E-state index in [4.69, 9.17) is 0 Å². The van der Waals surface area contributed by atoms with Crippen LogP contribution in [-0.4, -0.2) is 30.8 Å². The van der Waals surface area contributed by atoms with Gasteiger partial charge >= 0.3 is 0 Å². The van der Waals surface area contributed by atoms with E-state index in [0.29, 0.717) is 11.4 Å². The van der Waals surface area contributed by atoms with Gasteiger partial charge in [-0.1, -0.05) is 0 Å².